The zero-order valence-electron chi connectivity index (χ0n) is 13.5. The van der Waals surface area contributed by atoms with Crippen LogP contribution in [0.3, 0.4) is 0 Å². The number of quaternary nitrogens is 1. The standard InChI is InChI=1S/C17H24N2O3/c1-11-6-12(2)9-19(8-11)13(3)17(20)18-14-4-5-15-16(7-14)22-10-21-15/h4-5,7,11-13H,6,8-10H2,1-3H3,(H,18,20)/p+1/t11-,12-,13-/m0/s1. The third kappa shape index (κ3) is 3.19. The summed E-state index contributed by atoms with van der Waals surface area (Å²) in [5.41, 5.74) is 0.763. The van der Waals surface area contributed by atoms with E-state index in [1.54, 1.807) is 0 Å². The number of fused-ring (bicyclic) bond motifs is 1. The quantitative estimate of drug-likeness (QED) is 0.885. The van der Waals surface area contributed by atoms with Crippen molar-refractivity contribution >= 4 is 11.6 Å². The Bertz CT molecular complexity index is 551. The summed E-state index contributed by atoms with van der Waals surface area (Å²) >= 11 is 0. The normalized spacial score (nSPS) is 28.2. The molecule has 2 aliphatic rings. The van der Waals surface area contributed by atoms with Gasteiger partial charge in [-0.2, -0.15) is 0 Å². The highest BCUT2D eigenvalue weighted by Crippen LogP contribution is 2.34. The van der Waals surface area contributed by atoms with Crippen molar-refractivity contribution in [2.75, 3.05) is 25.2 Å². The van der Waals surface area contributed by atoms with Crippen molar-refractivity contribution in [3.8, 4) is 11.5 Å². The smallest absolute Gasteiger partial charge is 0.282 e. The third-order valence-corrected chi connectivity index (χ3v) is 4.67. The Morgan fingerprint density at radius 3 is 2.64 bits per heavy atom. The molecule has 3 atom stereocenters. The summed E-state index contributed by atoms with van der Waals surface area (Å²) in [4.78, 5) is 13.9. The molecule has 0 spiro atoms. The first kappa shape index (κ1) is 15.2. The van der Waals surface area contributed by atoms with E-state index in [2.05, 4.69) is 19.2 Å². The topological polar surface area (TPSA) is 52.0 Å². The van der Waals surface area contributed by atoms with Gasteiger partial charge in [0, 0.05) is 23.6 Å². The SMILES string of the molecule is C[C@H]1C[C@H](C)C[NH+]([C@@H](C)C(=O)Nc2ccc3c(c2)OCO3)C1. The Morgan fingerprint density at radius 2 is 1.91 bits per heavy atom. The van der Waals surface area contributed by atoms with Crippen LogP contribution in [-0.4, -0.2) is 31.8 Å². The van der Waals surface area contributed by atoms with Crippen LogP contribution in [0.25, 0.3) is 0 Å². The lowest BCUT2D eigenvalue weighted by Gasteiger charge is -2.35. The summed E-state index contributed by atoms with van der Waals surface area (Å²) in [6.07, 6.45) is 1.26. The number of benzene rings is 1. The average Bonchev–Trinajstić information content (AvgIpc) is 2.93. The fraction of sp³-hybridized carbons (Fsp3) is 0.588. The van der Waals surface area contributed by atoms with Crippen molar-refractivity contribution in [2.45, 2.75) is 33.2 Å². The molecule has 3 rings (SSSR count). The molecule has 0 unspecified atom stereocenters. The molecule has 5 nitrogen and oxygen atoms in total. The first-order valence-corrected chi connectivity index (χ1v) is 8.08. The van der Waals surface area contributed by atoms with E-state index in [9.17, 15) is 4.79 Å². The molecule has 22 heavy (non-hydrogen) atoms. The van der Waals surface area contributed by atoms with E-state index in [0.717, 1.165) is 24.5 Å². The minimum atomic E-state index is -0.0457. The van der Waals surface area contributed by atoms with Gasteiger partial charge in [-0.1, -0.05) is 13.8 Å². The van der Waals surface area contributed by atoms with Crippen molar-refractivity contribution in [2.24, 2.45) is 11.8 Å². The molecule has 1 fully saturated rings. The number of ether oxygens (including phenoxy) is 2. The number of rotatable bonds is 3. The van der Waals surface area contributed by atoms with Gasteiger partial charge >= 0.3 is 0 Å². The van der Waals surface area contributed by atoms with E-state index in [1.807, 2.05) is 25.1 Å². The molecule has 0 aliphatic carbocycles. The van der Waals surface area contributed by atoms with Crippen LogP contribution in [-0.2, 0) is 4.79 Å². The number of hydrogen-bond acceptors (Lipinski definition) is 3. The third-order valence-electron chi connectivity index (χ3n) is 4.67. The van der Waals surface area contributed by atoms with Crippen LogP contribution in [0.4, 0.5) is 5.69 Å². The van der Waals surface area contributed by atoms with Gasteiger partial charge in [-0.15, -0.1) is 0 Å². The van der Waals surface area contributed by atoms with Gasteiger partial charge < -0.3 is 19.7 Å². The van der Waals surface area contributed by atoms with Crippen LogP contribution in [0, 0.1) is 11.8 Å². The molecule has 1 saturated heterocycles. The summed E-state index contributed by atoms with van der Waals surface area (Å²) in [6, 6.07) is 5.47. The van der Waals surface area contributed by atoms with Gasteiger partial charge in [0.1, 0.15) is 0 Å². The number of likely N-dealkylation sites (tertiary alicyclic amines) is 1. The second kappa shape index (κ2) is 6.16. The maximum Gasteiger partial charge on any atom is 0.282 e. The van der Waals surface area contributed by atoms with Gasteiger partial charge in [0.2, 0.25) is 6.79 Å². The largest absolute Gasteiger partial charge is 0.454 e. The number of carbonyl (C=O) groups is 1. The molecule has 2 heterocycles. The van der Waals surface area contributed by atoms with Gasteiger partial charge in [0.05, 0.1) is 13.1 Å². The number of amides is 1. The monoisotopic (exact) mass is 305 g/mol. The second-order valence-corrected chi connectivity index (χ2v) is 6.79. The molecule has 2 N–H and O–H groups in total. The summed E-state index contributed by atoms with van der Waals surface area (Å²) in [5.74, 6) is 2.85. The summed E-state index contributed by atoms with van der Waals surface area (Å²) in [6.45, 7) is 8.95. The molecule has 120 valence electrons. The molecule has 2 aliphatic heterocycles. The van der Waals surface area contributed by atoms with Crippen LogP contribution in [0.2, 0.25) is 0 Å². The van der Waals surface area contributed by atoms with Gasteiger partial charge in [0.15, 0.2) is 17.5 Å². The van der Waals surface area contributed by atoms with Gasteiger partial charge in [-0.25, -0.2) is 0 Å². The Balaban J connectivity index is 1.63. The van der Waals surface area contributed by atoms with Gasteiger partial charge in [0.25, 0.3) is 5.91 Å². The van der Waals surface area contributed by atoms with Crippen molar-refractivity contribution in [3.05, 3.63) is 18.2 Å². The zero-order chi connectivity index (χ0) is 15.7. The van der Waals surface area contributed by atoms with Crippen LogP contribution in [0.1, 0.15) is 27.2 Å². The highest BCUT2D eigenvalue weighted by molar-refractivity contribution is 5.93. The molecule has 0 saturated carbocycles. The average molecular weight is 305 g/mol. The first-order valence-electron chi connectivity index (χ1n) is 8.08. The maximum atomic E-state index is 12.5. The molecule has 0 radical (unpaired) electrons. The Kier molecular flexibility index (Phi) is 4.25. The van der Waals surface area contributed by atoms with Crippen LogP contribution in [0.15, 0.2) is 18.2 Å². The van der Waals surface area contributed by atoms with Crippen molar-refractivity contribution in [3.63, 3.8) is 0 Å². The summed E-state index contributed by atoms with van der Waals surface area (Å²) in [5, 5.41) is 3.00. The Hall–Kier alpha value is -1.75. The van der Waals surface area contributed by atoms with Gasteiger partial charge in [-0.05, 0) is 25.5 Å². The van der Waals surface area contributed by atoms with E-state index in [4.69, 9.17) is 9.47 Å². The molecule has 1 amide bonds. The molecule has 5 heteroatoms. The lowest BCUT2D eigenvalue weighted by atomic mass is 9.91. The predicted octanol–water partition coefficient (Wildman–Crippen LogP) is 1.30. The van der Waals surface area contributed by atoms with Crippen molar-refractivity contribution in [1.82, 2.24) is 0 Å². The number of piperidine rings is 1. The van der Waals surface area contributed by atoms with E-state index >= 15 is 0 Å². The molecular weight excluding hydrogens is 280 g/mol. The lowest BCUT2D eigenvalue weighted by molar-refractivity contribution is -0.925. The lowest BCUT2D eigenvalue weighted by Crippen LogP contribution is -3.18. The van der Waals surface area contributed by atoms with E-state index in [-0.39, 0.29) is 18.7 Å². The fourth-order valence-corrected chi connectivity index (χ4v) is 3.60. The highest BCUT2D eigenvalue weighted by Gasteiger charge is 2.32. The summed E-state index contributed by atoms with van der Waals surface area (Å²) < 4.78 is 10.6. The molecule has 0 aromatic heterocycles. The van der Waals surface area contributed by atoms with Crippen molar-refractivity contribution in [1.29, 1.82) is 0 Å². The Labute approximate surface area is 131 Å². The summed E-state index contributed by atoms with van der Waals surface area (Å²) in [7, 11) is 0. The van der Waals surface area contributed by atoms with Crippen LogP contribution < -0.4 is 19.7 Å². The molecule has 1 aromatic carbocycles. The van der Waals surface area contributed by atoms with Gasteiger partial charge in [-0.3, -0.25) is 4.79 Å². The predicted molar refractivity (Wildman–Crippen MR) is 84.3 cm³/mol. The fourth-order valence-electron chi connectivity index (χ4n) is 3.60. The Morgan fingerprint density at radius 1 is 1.23 bits per heavy atom. The second-order valence-electron chi connectivity index (χ2n) is 6.79. The van der Waals surface area contributed by atoms with E-state index < -0.39 is 0 Å². The number of nitrogens with one attached hydrogen (secondary N) is 2. The van der Waals surface area contributed by atoms with E-state index in [0.29, 0.717) is 17.6 Å². The molecule has 1 aromatic rings. The minimum absolute atomic E-state index is 0.0457. The van der Waals surface area contributed by atoms with Crippen molar-refractivity contribution < 1.29 is 19.2 Å². The number of anilines is 1. The van der Waals surface area contributed by atoms with E-state index in [1.165, 1.54) is 11.3 Å². The van der Waals surface area contributed by atoms with Crippen LogP contribution >= 0.6 is 0 Å². The number of hydrogen-bond donors (Lipinski definition) is 2. The minimum Gasteiger partial charge on any atom is -0.454 e. The zero-order valence-corrected chi connectivity index (χ0v) is 13.5. The molecule has 0 bridgehead atoms. The highest BCUT2D eigenvalue weighted by atomic mass is 16.7. The van der Waals surface area contributed by atoms with Crippen LogP contribution in [0.5, 0.6) is 11.5 Å². The first-order chi connectivity index (χ1) is 10.5. The molecular formula is C17H25N2O3+. The maximum absolute atomic E-state index is 12.5. The number of carbonyl (C=O) groups excluding carboxylic acids is 1.